The average molecular weight is 314 g/mol. The first-order valence-corrected chi connectivity index (χ1v) is 5.89. The SMILES string of the molecule is O=C(Cn1cnc([N+](=O)[O-])c1)Nc1ccc(C(F)(F)F)cc1. The van der Waals surface area contributed by atoms with Crippen molar-refractivity contribution in [3.63, 3.8) is 0 Å². The van der Waals surface area contributed by atoms with E-state index in [0.717, 1.165) is 36.8 Å². The van der Waals surface area contributed by atoms with Crippen LogP contribution in [0.3, 0.4) is 0 Å². The molecule has 1 amide bonds. The average Bonchev–Trinajstić information content (AvgIpc) is 2.86. The van der Waals surface area contributed by atoms with Gasteiger partial charge in [-0.3, -0.25) is 4.79 Å². The number of nitrogens with zero attached hydrogens (tertiary/aromatic N) is 3. The molecule has 2 aromatic rings. The molecule has 0 spiro atoms. The third-order valence-corrected chi connectivity index (χ3v) is 2.63. The van der Waals surface area contributed by atoms with Gasteiger partial charge in [0, 0.05) is 5.69 Å². The Labute approximate surface area is 121 Å². The summed E-state index contributed by atoms with van der Waals surface area (Å²) in [5.41, 5.74) is -0.636. The Hall–Kier alpha value is -2.91. The minimum Gasteiger partial charge on any atom is -0.358 e. The molecule has 1 heterocycles. The number of hydrogen-bond acceptors (Lipinski definition) is 4. The van der Waals surface area contributed by atoms with Gasteiger partial charge in [-0.15, -0.1) is 0 Å². The van der Waals surface area contributed by atoms with Gasteiger partial charge in [0.1, 0.15) is 12.7 Å². The first-order valence-electron chi connectivity index (χ1n) is 5.89. The van der Waals surface area contributed by atoms with E-state index in [-0.39, 0.29) is 12.2 Å². The summed E-state index contributed by atoms with van der Waals surface area (Å²) in [4.78, 5) is 24.9. The summed E-state index contributed by atoms with van der Waals surface area (Å²) in [5, 5.41) is 12.8. The van der Waals surface area contributed by atoms with Crippen LogP contribution < -0.4 is 5.32 Å². The van der Waals surface area contributed by atoms with E-state index in [1.54, 1.807) is 0 Å². The number of benzene rings is 1. The van der Waals surface area contributed by atoms with Gasteiger partial charge in [0.2, 0.25) is 12.2 Å². The number of nitrogens with one attached hydrogen (secondary N) is 1. The minimum absolute atomic E-state index is 0.188. The molecule has 0 fully saturated rings. The Morgan fingerprint density at radius 1 is 1.32 bits per heavy atom. The van der Waals surface area contributed by atoms with Crippen molar-refractivity contribution in [1.82, 2.24) is 9.55 Å². The first kappa shape index (κ1) is 15.5. The first-order chi connectivity index (χ1) is 10.3. The fourth-order valence-corrected chi connectivity index (χ4v) is 1.64. The van der Waals surface area contributed by atoms with Crippen LogP contribution in [0.25, 0.3) is 0 Å². The quantitative estimate of drug-likeness (QED) is 0.693. The molecule has 0 radical (unpaired) electrons. The maximum Gasteiger partial charge on any atom is 0.416 e. The van der Waals surface area contributed by atoms with Crippen molar-refractivity contribution in [3.05, 3.63) is 52.5 Å². The number of anilines is 1. The Bertz CT molecular complexity index is 694. The molecule has 10 heteroatoms. The Morgan fingerprint density at radius 3 is 2.45 bits per heavy atom. The highest BCUT2D eigenvalue weighted by Crippen LogP contribution is 2.29. The molecule has 1 N–H and O–H groups in total. The van der Waals surface area contributed by atoms with Crippen LogP contribution in [-0.2, 0) is 17.5 Å². The van der Waals surface area contributed by atoms with E-state index < -0.39 is 28.4 Å². The molecule has 0 atom stereocenters. The van der Waals surface area contributed by atoms with Crippen molar-refractivity contribution in [2.75, 3.05) is 5.32 Å². The second-order valence-corrected chi connectivity index (χ2v) is 4.28. The second kappa shape index (κ2) is 5.84. The number of amides is 1. The van der Waals surface area contributed by atoms with Crippen molar-refractivity contribution in [2.45, 2.75) is 12.7 Å². The van der Waals surface area contributed by atoms with Crippen molar-refractivity contribution < 1.29 is 22.9 Å². The number of imidazole rings is 1. The Morgan fingerprint density at radius 2 is 1.95 bits per heavy atom. The summed E-state index contributed by atoms with van der Waals surface area (Å²) in [6.45, 7) is -0.248. The topological polar surface area (TPSA) is 90.1 Å². The largest absolute Gasteiger partial charge is 0.416 e. The van der Waals surface area contributed by atoms with Crippen LogP contribution in [0.1, 0.15) is 5.56 Å². The fraction of sp³-hybridized carbons (Fsp3) is 0.167. The van der Waals surface area contributed by atoms with Gasteiger partial charge in [-0.25, -0.2) is 0 Å². The molecule has 116 valence electrons. The van der Waals surface area contributed by atoms with E-state index in [4.69, 9.17) is 0 Å². The Kier molecular flexibility index (Phi) is 4.11. The van der Waals surface area contributed by atoms with E-state index in [2.05, 4.69) is 10.3 Å². The van der Waals surface area contributed by atoms with Gasteiger partial charge in [-0.1, -0.05) is 0 Å². The molecule has 7 nitrogen and oxygen atoms in total. The van der Waals surface area contributed by atoms with Gasteiger partial charge in [-0.05, 0) is 34.2 Å². The number of rotatable bonds is 4. The molecule has 0 bridgehead atoms. The number of hydrogen-bond donors (Lipinski definition) is 1. The van der Waals surface area contributed by atoms with E-state index in [9.17, 15) is 28.1 Å². The summed E-state index contributed by atoms with van der Waals surface area (Å²) < 4.78 is 38.3. The lowest BCUT2D eigenvalue weighted by Crippen LogP contribution is -2.18. The lowest BCUT2D eigenvalue weighted by Gasteiger charge is -2.08. The maximum absolute atomic E-state index is 12.4. The lowest BCUT2D eigenvalue weighted by molar-refractivity contribution is -0.389. The number of alkyl halides is 3. The highest BCUT2D eigenvalue weighted by Gasteiger charge is 2.29. The molecule has 22 heavy (non-hydrogen) atoms. The fourth-order valence-electron chi connectivity index (χ4n) is 1.64. The zero-order valence-electron chi connectivity index (χ0n) is 10.9. The third-order valence-electron chi connectivity index (χ3n) is 2.63. The van der Waals surface area contributed by atoms with Crippen LogP contribution in [0.15, 0.2) is 36.8 Å². The van der Waals surface area contributed by atoms with E-state index >= 15 is 0 Å². The van der Waals surface area contributed by atoms with E-state index in [1.807, 2.05) is 0 Å². The monoisotopic (exact) mass is 314 g/mol. The predicted molar refractivity (Wildman–Crippen MR) is 69.0 cm³/mol. The number of aromatic nitrogens is 2. The smallest absolute Gasteiger partial charge is 0.358 e. The molecular formula is C12H9F3N4O3. The molecule has 0 aliphatic heterocycles. The van der Waals surface area contributed by atoms with Crippen LogP contribution in [0.2, 0.25) is 0 Å². The molecule has 1 aromatic heterocycles. The molecule has 0 aliphatic carbocycles. The van der Waals surface area contributed by atoms with Gasteiger partial charge in [0.25, 0.3) is 0 Å². The van der Waals surface area contributed by atoms with Crippen LogP contribution in [-0.4, -0.2) is 20.4 Å². The van der Waals surface area contributed by atoms with Crippen molar-refractivity contribution in [3.8, 4) is 0 Å². The summed E-state index contributed by atoms with van der Waals surface area (Å²) in [6, 6.07) is 3.93. The van der Waals surface area contributed by atoms with Gasteiger partial charge in [-0.2, -0.15) is 13.2 Å². The van der Waals surface area contributed by atoms with Crippen molar-refractivity contribution >= 4 is 17.4 Å². The lowest BCUT2D eigenvalue weighted by atomic mass is 10.2. The molecular weight excluding hydrogens is 305 g/mol. The van der Waals surface area contributed by atoms with Gasteiger partial charge >= 0.3 is 12.0 Å². The predicted octanol–water partition coefficient (Wildman–Crippen LogP) is 2.45. The molecule has 0 saturated carbocycles. The molecule has 0 saturated heterocycles. The molecule has 0 aliphatic rings. The number of carbonyl (C=O) groups is 1. The normalized spacial score (nSPS) is 11.2. The zero-order chi connectivity index (χ0) is 16.3. The van der Waals surface area contributed by atoms with Gasteiger partial charge in [0.05, 0.1) is 5.56 Å². The number of carbonyl (C=O) groups excluding carboxylic acids is 1. The molecule has 0 unspecified atom stereocenters. The zero-order valence-corrected chi connectivity index (χ0v) is 10.9. The van der Waals surface area contributed by atoms with E-state index in [0.29, 0.717) is 0 Å². The summed E-state index contributed by atoms with van der Waals surface area (Å²) in [5.74, 6) is -0.950. The van der Waals surface area contributed by atoms with Crippen LogP contribution in [0.5, 0.6) is 0 Å². The van der Waals surface area contributed by atoms with Gasteiger partial charge < -0.3 is 20.0 Å². The summed E-state index contributed by atoms with van der Waals surface area (Å²) >= 11 is 0. The maximum atomic E-state index is 12.4. The summed E-state index contributed by atoms with van der Waals surface area (Å²) in [6.07, 6.45) is -2.25. The second-order valence-electron chi connectivity index (χ2n) is 4.28. The van der Waals surface area contributed by atoms with Gasteiger partial charge in [0.15, 0.2) is 0 Å². The number of halogens is 3. The Balaban J connectivity index is 1.98. The van der Waals surface area contributed by atoms with Crippen LogP contribution >= 0.6 is 0 Å². The molecule has 1 aromatic carbocycles. The highest BCUT2D eigenvalue weighted by molar-refractivity contribution is 5.90. The standard InChI is InChI=1S/C12H9F3N4O3/c13-12(14,15)8-1-3-9(4-2-8)17-11(20)6-18-5-10(16-7-18)19(21)22/h1-5,7H,6H2,(H,17,20). The molecule has 2 rings (SSSR count). The minimum atomic E-state index is -4.45. The number of nitro groups is 1. The van der Waals surface area contributed by atoms with Crippen molar-refractivity contribution in [1.29, 1.82) is 0 Å². The highest BCUT2D eigenvalue weighted by atomic mass is 19.4. The van der Waals surface area contributed by atoms with Crippen LogP contribution in [0, 0.1) is 10.1 Å². The van der Waals surface area contributed by atoms with Crippen LogP contribution in [0.4, 0.5) is 24.7 Å². The summed E-state index contributed by atoms with van der Waals surface area (Å²) in [7, 11) is 0. The third kappa shape index (κ3) is 3.81. The van der Waals surface area contributed by atoms with Crippen molar-refractivity contribution in [2.24, 2.45) is 0 Å². The van der Waals surface area contributed by atoms with E-state index in [1.165, 1.54) is 4.57 Å².